The summed E-state index contributed by atoms with van der Waals surface area (Å²) >= 11 is 0. The predicted octanol–water partition coefficient (Wildman–Crippen LogP) is 3.29. The first kappa shape index (κ1) is 16.8. The zero-order valence-corrected chi connectivity index (χ0v) is 14.5. The van der Waals surface area contributed by atoms with Crippen LogP contribution < -0.4 is 5.32 Å². The number of carbonyl (C=O) groups is 1. The molecule has 1 N–H and O–H groups in total. The van der Waals surface area contributed by atoms with E-state index in [0.717, 1.165) is 11.4 Å². The highest BCUT2D eigenvalue weighted by Crippen LogP contribution is 2.17. The van der Waals surface area contributed by atoms with Gasteiger partial charge in [-0.3, -0.25) is 4.79 Å². The maximum absolute atomic E-state index is 13.7. The number of carbonyl (C=O) groups excluding carboxylic acids is 1. The molecule has 0 atom stereocenters. The number of hydrogen-bond acceptors (Lipinski definition) is 4. The zero-order valence-electron chi connectivity index (χ0n) is 14.5. The van der Waals surface area contributed by atoms with Gasteiger partial charge in [-0.15, -0.1) is 0 Å². The fraction of sp³-hybridized carbons (Fsp3) is 0.222. The Morgan fingerprint density at radius 3 is 2.32 bits per heavy atom. The van der Waals surface area contributed by atoms with Gasteiger partial charge in [0.1, 0.15) is 11.6 Å². The van der Waals surface area contributed by atoms with E-state index in [0.29, 0.717) is 23.0 Å². The maximum atomic E-state index is 13.7. The Hall–Kier alpha value is -3.09. The van der Waals surface area contributed by atoms with Gasteiger partial charge in [-0.25, -0.2) is 14.4 Å². The van der Waals surface area contributed by atoms with Crippen molar-refractivity contribution < 1.29 is 9.18 Å². The molecule has 2 aromatic heterocycles. The average Bonchev–Trinajstić information content (AvgIpc) is 2.89. The van der Waals surface area contributed by atoms with E-state index in [1.807, 2.05) is 19.9 Å². The molecule has 0 saturated heterocycles. The Kier molecular flexibility index (Phi) is 4.31. The number of anilines is 1. The van der Waals surface area contributed by atoms with Crippen LogP contribution in [0.25, 0.3) is 5.95 Å². The first-order valence-electron chi connectivity index (χ1n) is 7.80. The number of aryl methyl sites for hydroxylation is 4. The van der Waals surface area contributed by atoms with E-state index in [1.54, 1.807) is 32.0 Å². The first-order chi connectivity index (χ1) is 11.8. The fourth-order valence-electron chi connectivity index (χ4n) is 2.47. The lowest BCUT2D eigenvalue weighted by atomic mass is 10.1. The molecule has 3 rings (SSSR count). The molecule has 0 bridgehead atoms. The summed E-state index contributed by atoms with van der Waals surface area (Å²) in [7, 11) is 0. The number of hydrogen-bond donors (Lipinski definition) is 1. The van der Waals surface area contributed by atoms with Gasteiger partial charge in [0, 0.05) is 23.0 Å². The Morgan fingerprint density at radius 2 is 1.68 bits per heavy atom. The van der Waals surface area contributed by atoms with Crippen molar-refractivity contribution in [3.8, 4) is 5.95 Å². The first-order valence-corrected chi connectivity index (χ1v) is 7.80. The SMILES string of the molecule is Cc1cc(C)nc(-n2nc(C)cc2NC(=O)c2ccc(C)c(F)c2)n1. The van der Waals surface area contributed by atoms with Crippen molar-refractivity contribution in [3.63, 3.8) is 0 Å². The lowest BCUT2D eigenvalue weighted by Gasteiger charge is -2.09. The van der Waals surface area contributed by atoms with E-state index in [2.05, 4.69) is 20.4 Å². The highest BCUT2D eigenvalue weighted by molar-refractivity contribution is 6.04. The van der Waals surface area contributed by atoms with Crippen molar-refractivity contribution in [1.29, 1.82) is 0 Å². The molecule has 0 spiro atoms. The van der Waals surface area contributed by atoms with Gasteiger partial charge >= 0.3 is 0 Å². The maximum Gasteiger partial charge on any atom is 0.256 e. The lowest BCUT2D eigenvalue weighted by Crippen LogP contribution is -2.16. The monoisotopic (exact) mass is 339 g/mol. The van der Waals surface area contributed by atoms with Crippen molar-refractivity contribution in [2.75, 3.05) is 5.32 Å². The molecule has 3 aromatic rings. The highest BCUT2D eigenvalue weighted by atomic mass is 19.1. The van der Waals surface area contributed by atoms with Crippen LogP contribution in [0.4, 0.5) is 10.2 Å². The second-order valence-corrected chi connectivity index (χ2v) is 5.95. The van der Waals surface area contributed by atoms with E-state index in [4.69, 9.17) is 0 Å². The Morgan fingerprint density at radius 1 is 1.00 bits per heavy atom. The minimum Gasteiger partial charge on any atom is -0.306 e. The molecule has 128 valence electrons. The molecule has 0 aliphatic carbocycles. The predicted molar refractivity (Wildman–Crippen MR) is 92.5 cm³/mol. The molecule has 0 aliphatic rings. The minimum absolute atomic E-state index is 0.231. The van der Waals surface area contributed by atoms with Crippen LogP contribution in [0, 0.1) is 33.5 Å². The molecule has 0 fully saturated rings. The molecule has 25 heavy (non-hydrogen) atoms. The Labute approximate surface area is 144 Å². The fourth-order valence-corrected chi connectivity index (χ4v) is 2.47. The summed E-state index contributed by atoms with van der Waals surface area (Å²) < 4.78 is 15.2. The summed E-state index contributed by atoms with van der Waals surface area (Å²) in [6.07, 6.45) is 0. The molecule has 1 aromatic carbocycles. The third-order valence-electron chi connectivity index (χ3n) is 3.67. The van der Waals surface area contributed by atoms with Crippen LogP contribution in [0.5, 0.6) is 0 Å². The lowest BCUT2D eigenvalue weighted by molar-refractivity contribution is 0.102. The van der Waals surface area contributed by atoms with E-state index in [9.17, 15) is 9.18 Å². The van der Waals surface area contributed by atoms with Gasteiger partial charge in [0.15, 0.2) is 0 Å². The largest absolute Gasteiger partial charge is 0.306 e. The van der Waals surface area contributed by atoms with Crippen LogP contribution in [-0.4, -0.2) is 25.7 Å². The third kappa shape index (κ3) is 3.55. The molecule has 0 radical (unpaired) electrons. The summed E-state index contributed by atoms with van der Waals surface area (Å²) in [4.78, 5) is 21.2. The second kappa shape index (κ2) is 6.43. The molecule has 0 aliphatic heterocycles. The number of rotatable bonds is 3. The topological polar surface area (TPSA) is 72.7 Å². The van der Waals surface area contributed by atoms with Crippen LogP contribution >= 0.6 is 0 Å². The van der Waals surface area contributed by atoms with Gasteiger partial charge in [-0.1, -0.05) is 6.07 Å². The summed E-state index contributed by atoms with van der Waals surface area (Å²) in [5.74, 6) is -0.0520. The standard InChI is InChI=1S/C18H18FN5O/c1-10-5-6-14(9-15(10)19)17(25)22-16-8-13(4)23-24(16)18-20-11(2)7-12(3)21-18/h5-9H,1-4H3,(H,22,25). The van der Waals surface area contributed by atoms with Crippen molar-refractivity contribution in [2.24, 2.45) is 0 Å². The molecular formula is C18H18FN5O. The minimum atomic E-state index is -0.426. The van der Waals surface area contributed by atoms with Crippen LogP contribution in [0.1, 0.15) is 33.0 Å². The molecule has 1 amide bonds. The third-order valence-corrected chi connectivity index (χ3v) is 3.67. The van der Waals surface area contributed by atoms with Crippen LogP contribution in [0.2, 0.25) is 0 Å². The normalized spacial score (nSPS) is 10.8. The molecule has 0 unspecified atom stereocenters. The van der Waals surface area contributed by atoms with E-state index in [-0.39, 0.29) is 5.56 Å². The van der Waals surface area contributed by atoms with E-state index in [1.165, 1.54) is 10.7 Å². The quantitative estimate of drug-likeness (QED) is 0.795. The summed E-state index contributed by atoms with van der Waals surface area (Å²) in [5, 5.41) is 7.09. The van der Waals surface area contributed by atoms with Crippen molar-refractivity contribution in [1.82, 2.24) is 19.7 Å². The molecule has 7 heteroatoms. The van der Waals surface area contributed by atoms with Gasteiger partial charge < -0.3 is 5.32 Å². The number of halogens is 1. The zero-order chi connectivity index (χ0) is 18.1. The van der Waals surface area contributed by atoms with Crippen LogP contribution in [0.15, 0.2) is 30.3 Å². The van der Waals surface area contributed by atoms with Crippen molar-refractivity contribution >= 4 is 11.7 Å². The van der Waals surface area contributed by atoms with E-state index >= 15 is 0 Å². The number of nitrogens with one attached hydrogen (secondary N) is 1. The molecular weight excluding hydrogens is 321 g/mol. The van der Waals surface area contributed by atoms with Crippen molar-refractivity contribution in [3.05, 3.63) is 64.4 Å². The Bertz CT molecular complexity index is 944. The molecule has 0 saturated carbocycles. The van der Waals surface area contributed by atoms with Crippen molar-refractivity contribution in [2.45, 2.75) is 27.7 Å². The van der Waals surface area contributed by atoms with Gasteiger partial charge in [-0.05, 0) is 51.5 Å². The van der Waals surface area contributed by atoms with Gasteiger partial charge in [-0.2, -0.15) is 9.78 Å². The summed E-state index contributed by atoms with van der Waals surface area (Å²) in [6.45, 7) is 7.18. The number of aromatic nitrogens is 4. The van der Waals surface area contributed by atoms with Gasteiger partial charge in [0.2, 0.25) is 0 Å². The van der Waals surface area contributed by atoms with Crippen LogP contribution in [0.3, 0.4) is 0 Å². The summed E-state index contributed by atoms with van der Waals surface area (Å²) in [5.41, 5.74) is 3.02. The smallest absolute Gasteiger partial charge is 0.256 e. The number of amides is 1. The van der Waals surface area contributed by atoms with Crippen LogP contribution in [-0.2, 0) is 0 Å². The second-order valence-electron chi connectivity index (χ2n) is 5.95. The summed E-state index contributed by atoms with van der Waals surface area (Å²) in [6, 6.07) is 7.93. The highest BCUT2D eigenvalue weighted by Gasteiger charge is 2.15. The van der Waals surface area contributed by atoms with Gasteiger partial charge in [0.25, 0.3) is 11.9 Å². The number of benzene rings is 1. The molecule has 2 heterocycles. The Balaban J connectivity index is 1.95. The average molecular weight is 339 g/mol. The molecule has 6 nitrogen and oxygen atoms in total. The van der Waals surface area contributed by atoms with Gasteiger partial charge in [0.05, 0.1) is 5.69 Å². The van der Waals surface area contributed by atoms with E-state index < -0.39 is 11.7 Å². The number of nitrogens with zero attached hydrogens (tertiary/aromatic N) is 4.